The van der Waals surface area contributed by atoms with Gasteiger partial charge in [-0.2, -0.15) is 0 Å². The number of aryl methyl sites for hydroxylation is 1. The summed E-state index contributed by atoms with van der Waals surface area (Å²) in [7, 11) is 1.74. The maximum atomic E-state index is 13.6. The van der Waals surface area contributed by atoms with Gasteiger partial charge in [-0.1, -0.05) is 47.5 Å². The summed E-state index contributed by atoms with van der Waals surface area (Å²) in [6.07, 6.45) is 3.30. The first kappa shape index (κ1) is 23.3. The topological polar surface area (TPSA) is 70.2 Å². The molecule has 178 valence electrons. The minimum Gasteiger partial charge on any atom is -0.322 e. The number of carbonyl (C=O) groups excluding carboxylic acids is 2. The summed E-state index contributed by atoms with van der Waals surface area (Å²) in [6.45, 7) is 0. The van der Waals surface area contributed by atoms with E-state index in [1.807, 2.05) is 18.2 Å². The van der Waals surface area contributed by atoms with Crippen molar-refractivity contribution in [3.63, 3.8) is 0 Å². The molecule has 1 amide bonds. The van der Waals surface area contributed by atoms with Crippen LogP contribution in [0, 0.1) is 5.92 Å². The number of H-pyrrole nitrogens is 1. The lowest BCUT2D eigenvalue weighted by Crippen LogP contribution is -2.35. The van der Waals surface area contributed by atoms with Gasteiger partial charge in [0.05, 0.1) is 0 Å². The summed E-state index contributed by atoms with van der Waals surface area (Å²) in [5.41, 5.74) is 6.81. The second kappa shape index (κ2) is 9.67. The fourth-order valence-electron chi connectivity index (χ4n) is 5.24. The molecule has 0 unspecified atom stereocenters. The highest BCUT2D eigenvalue weighted by Gasteiger charge is 2.29. The van der Waals surface area contributed by atoms with Crippen LogP contribution in [0.4, 0.5) is 5.69 Å². The number of carbonyl (C=O) groups is 2. The molecule has 0 fully saturated rings. The Labute approximate surface area is 209 Å². The molecule has 0 aliphatic heterocycles. The summed E-state index contributed by atoms with van der Waals surface area (Å²) >= 11 is 6.02. The van der Waals surface area contributed by atoms with Gasteiger partial charge in [0.15, 0.2) is 0 Å². The SMILES string of the molecule is CN(C(=O)[C@H]1CC(=O)CC2=C(CCc3cccc(c3)C1)Cc1ccc(=O)[nH]c12)c1ccc(Cl)cc1. The van der Waals surface area contributed by atoms with Crippen LogP contribution in [0.5, 0.6) is 0 Å². The summed E-state index contributed by atoms with van der Waals surface area (Å²) in [5, 5.41) is 0.603. The number of amides is 1. The average molecular weight is 487 g/mol. The lowest BCUT2D eigenvalue weighted by molar-refractivity contribution is -0.127. The van der Waals surface area contributed by atoms with Gasteiger partial charge in [0.25, 0.3) is 0 Å². The predicted molar refractivity (Wildman–Crippen MR) is 139 cm³/mol. The zero-order valence-corrected chi connectivity index (χ0v) is 20.4. The summed E-state index contributed by atoms with van der Waals surface area (Å²) < 4.78 is 0. The summed E-state index contributed by atoms with van der Waals surface area (Å²) in [5.74, 6) is -0.579. The lowest BCUT2D eigenvalue weighted by Gasteiger charge is -2.24. The van der Waals surface area contributed by atoms with Crippen molar-refractivity contribution in [3.05, 3.63) is 104 Å². The highest BCUT2D eigenvalue weighted by atomic mass is 35.5. The van der Waals surface area contributed by atoms with Crippen LogP contribution in [0.25, 0.3) is 5.57 Å². The molecule has 0 radical (unpaired) electrons. The third-order valence-corrected chi connectivity index (χ3v) is 7.32. The normalized spacial score (nSPS) is 17.8. The Kier molecular flexibility index (Phi) is 6.44. The zero-order chi connectivity index (χ0) is 24.5. The first-order valence-electron chi connectivity index (χ1n) is 11.9. The van der Waals surface area contributed by atoms with Crippen molar-refractivity contribution in [1.82, 2.24) is 4.98 Å². The predicted octanol–water partition coefficient (Wildman–Crippen LogP) is 5.16. The second-order valence-corrected chi connectivity index (χ2v) is 9.93. The van der Waals surface area contributed by atoms with Crippen LogP contribution >= 0.6 is 11.6 Å². The number of allylic oxidation sites excluding steroid dienone is 2. The van der Waals surface area contributed by atoms with Gasteiger partial charge in [0, 0.05) is 48.3 Å². The third kappa shape index (κ3) is 5.01. The van der Waals surface area contributed by atoms with Crippen LogP contribution in [-0.2, 0) is 28.9 Å². The number of hydrogen-bond donors (Lipinski definition) is 1. The second-order valence-electron chi connectivity index (χ2n) is 9.50. The van der Waals surface area contributed by atoms with Gasteiger partial charge in [-0.15, -0.1) is 0 Å². The van der Waals surface area contributed by atoms with Crippen molar-refractivity contribution in [2.45, 2.75) is 38.5 Å². The van der Waals surface area contributed by atoms with E-state index in [-0.39, 0.29) is 30.1 Å². The van der Waals surface area contributed by atoms with E-state index in [0.717, 1.165) is 47.3 Å². The van der Waals surface area contributed by atoms with Crippen LogP contribution in [0.3, 0.4) is 0 Å². The lowest BCUT2D eigenvalue weighted by atomic mass is 9.88. The molecular formula is C29H27ClN2O3. The molecule has 1 atom stereocenters. The number of fused-ring (bicyclic) bond motifs is 4. The van der Waals surface area contributed by atoms with Crippen molar-refractivity contribution in [2.75, 3.05) is 11.9 Å². The Morgan fingerprint density at radius 3 is 2.51 bits per heavy atom. The van der Waals surface area contributed by atoms with E-state index in [1.54, 1.807) is 42.3 Å². The van der Waals surface area contributed by atoms with Gasteiger partial charge in [0.2, 0.25) is 11.5 Å². The van der Waals surface area contributed by atoms with Crippen molar-refractivity contribution < 1.29 is 9.59 Å². The number of nitrogens with one attached hydrogen (secondary N) is 1. The Morgan fingerprint density at radius 2 is 1.71 bits per heavy atom. The molecule has 0 saturated heterocycles. The average Bonchev–Trinajstić information content (AvgIpc) is 3.18. The molecule has 5 rings (SSSR count). The molecule has 35 heavy (non-hydrogen) atoms. The zero-order valence-electron chi connectivity index (χ0n) is 19.6. The number of benzene rings is 2. The van der Waals surface area contributed by atoms with Gasteiger partial charge in [-0.3, -0.25) is 14.4 Å². The van der Waals surface area contributed by atoms with Crippen molar-refractivity contribution in [3.8, 4) is 0 Å². The Morgan fingerprint density at radius 1 is 0.943 bits per heavy atom. The van der Waals surface area contributed by atoms with Crippen LogP contribution < -0.4 is 10.5 Å². The number of anilines is 1. The molecule has 1 heterocycles. The van der Waals surface area contributed by atoms with Crippen molar-refractivity contribution >= 4 is 34.6 Å². The van der Waals surface area contributed by atoms with Crippen LogP contribution in [0.15, 0.2) is 71.0 Å². The number of hydrogen-bond acceptors (Lipinski definition) is 3. The Hall–Kier alpha value is -3.44. The number of Topliss-reactive ketones (excluding diaryl/α,β-unsaturated/α-hetero) is 1. The van der Waals surface area contributed by atoms with Gasteiger partial charge in [0.1, 0.15) is 5.78 Å². The fourth-order valence-corrected chi connectivity index (χ4v) is 5.36. The van der Waals surface area contributed by atoms with Gasteiger partial charge in [-0.05, 0) is 72.2 Å². The molecule has 2 bridgehead atoms. The number of nitrogens with zero attached hydrogens (tertiary/aromatic N) is 1. The highest BCUT2D eigenvalue weighted by Crippen LogP contribution is 2.36. The molecule has 1 N–H and O–H groups in total. The van der Waals surface area contributed by atoms with E-state index in [4.69, 9.17) is 11.6 Å². The van der Waals surface area contributed by atoms with E-state index < -0.39 is 5.92 Å². The maximum absolute atomic E-state index is 13.6. The molecule has 1 aromatic heterocycles. The quantitative estimate of drug-likeness (QED) is 0.544. The smallest absolute Gasteiger partial charge is 0.248 e. The number of pyridine rings is 1. The number of halogens is 1. The van der Waals surface area contributed by atoms with Crippen molar-refractivity contribution in [2.24, 2.45) is 5.92 Å². The molecular weight excluding hydrogens is 460 g/mol. The molecule has 2 aliphatic carbocycles. The molecule has 0 saturated carbocycles. The minimum absolute atomic E-state index is 0.00892. The molecule has 0 spiro atoms. The molecule has 3 aromatic rings. The third-order valence-electron chi connectivity index (χ3n) is 7.07. The van der Waals surface area contributed by atoms with E-state index >= 15 is 0 Å². The first-order valence-corrected chi connectivity index (χ1v) is 12.3. The van der Waals surface area contributed by atoms with Gasteiger partial charge in [-0.25, -0.2) is 0 Å². The van der Waals surface area contributed by atoms with Gasteiger partial charge >= 0.3 is 0 Å². The highest BCUT2D eigenvalue weighted by molar-refractivity contribution is 6.30. The molecule has 6 heteroatoms. The number of aromatic amines is 1. The summed E-state index contributed by atoms with van der Waals surface area (Å²) in [4.78, 5) is 43.5. The number of ketones is 1. The summed E-state index contributed by atoms with van der Waals surface area (Å²) in [6, 6.07) is 18.8. The van der Waals surface area contributed by atoms with Gasteiger partial charge < -0.3 is 9.88 Å². The van der Waals surface area contributed by atoms with E-state index in [0.29, 0.717) is 11.4 Å². The largest absolute Gasteiger partial charge is 0.322 e. The molecule has 2 aromatic carbocycles. The standard InChI is InChI=1S/C29H27ClN2O3/c1-32(24-10-8-23(30)9-11-24)29(35)22-14-19-4-2-3-18(13-19)5-6-20-15-21-7-12-27(34)31-28(21)26(20)17-25(33)16-22/h2-4,7-13,22H,5-6,14-17H2,1H3,(H,31,34)/t22-/m1/s1. The van der Waals surface area contributed by atoms with E-state index in [1.165, 1.54) is 11.1 Å². The van der Waals surface area contributed by atoms with Crippen molar-refractivity contribution in [1.29, 1.82) is 0 Å². The van der Waals surface area contributed by atoms with Crippen LogP contribution in [0.2, 0.25) is 5.02 Å². The van der Waals surface area contributed by atoms with E-state index in [2.05, 4.69) is 17.1 Å². The first-order chi connectivity index (χ1) is 16.9. The fraction of sp³-hybridized carbons (Fsp3) is 0.276. The monoisotopic (exact) mass is 486 g/mol. The Bertz CT molecular complexity index is 1390. The van der Waals surface area contributed by atoms with E-state index in [9.17, 15) is 14.4 Å². The maximum Gasteiger partial charge on any atom is 0.248 e. The number of aromatic nitrogens is 1. The number of rotatable bonds is 2. The van der Waals surface area contributed by atoms with Crippen LogP contribution in [0.1, 0.15) is 41.6 Å². The molecule has 2 aliphatic rings. The Balaban J connectivity index is 1.49. The molecule has 5 nitrogen and oxygen atoms in total. The minimum atomic E-state index is -0.488. The van der Waals surface area contributed by atoms with Crippen LogP contribution in [-0.4, -0.2) is 23.7 Å².